The van der Waals surface area contributed by atoms with Crippen LogP contribution < -0.4 is 10.5 Å². The van der Waals surface area contributed by atoms with Crippen molar-refractivity contribution in [1.29, 1.82) is 0 Å². The highest BCUT2D eigenvalue weighted by Gasteiger charge is 2.02. The van der Waals surface area contributed by atoms with Crippen molar-refractivity contribution in [1.82, 2.24) is 0 Å². The number of thioether (sulfide) groups is 1. The zero-order chi connectivity index (χ0) is 14.4. The Kier molecular flexibility index (Phi) is 5.30. The van der Waals surface area contributed by atoms with Crippen molar-refractivity contribution in [3.05, 3.63) is 53.8 Å². The van der Waals surface area contributed by atoms with Crippen LogP contribution in [0.5, 0.6) is 5.75 Å². The zero-order valence-corrected chi connectivity index (χ0v) is 12.3. The van der Waals surface area contributed by atoms with E-state index in [0.717, 1.165) is 28.3 Å². The van der Waals surface area contributed by atoms with Crippen LogP contribution in [0.2, 0.25) is 0 Å². The average Bonchev–Trinajstić information content (AvgIpc) is 2.45. The Labute approximate surface area is 123 Å². The third kappa shape index (κ3) is 4.17. The lowest BCUT2D eigenvalue weighted by molar-refractivity contribution is 0.318. The number of hydrogen-bond acceptors (Lipinski definition) is 3. The lowest BCUT2D eigenvalue weighted by Crippen LogP contribution is -1.99. The van der Waals surface area contributed by atoms with E-state index in [-0.39, 0.29) is 5.82 Å². The number of nitrogen functional groups attached to an aromatic ring is 1. The summed E-state index contributed by atoms with van der Waals surface area (Å²) in [5.74, 6) is 1.39. The second-order valence-electron chi connectivity index (χ2n) is 4.49. The maximum absolute atomic E-state index is 12.7. The van der Waals surface area contributed by atoms with Gasteiger partial charge in [0.05, 0.1) is 6.61 Å². The summed E-state index contributed by atoms with van der Waals surface area (Å²) >= 11 is 1.73. The number of anilines is 1. The van der Waals surface area contributed by atoms with Crippen LogP contribution in [0.3, 0.4) is 0 Å². The SMILES string of the molecule is Cc1cccc(SCCCOc2ccc(F)cc2)c1N. The quantitative estimate of drug-likeness (QED) is 0.490. The van der Waals surface area contributed by atoms with Crippen LogP contribution in [0.4, 0.5) is 10.1 Å². The number of halogens is 1. The first kappa shape index (κ1) is 14.7. The fourth-order valence-electron chi connectivity index (χ4n) is 1.74. The molecule has 0 unspecified atom stereocenters. The van der Waals surface area contributed by atoms with Crippen molar-refractivity contribution in [3.63, 3.8) is 0 Å². The van der Waals surface area contributed by atoms with Gasteiger partial charge in [-0.3, -0.25) is 0 Å². The van der Waals surface area contributed by atoms with Gasteiger partial charge in [0.25, 0.3) is 0 Å². The van der Waals surface area contributed by atoms with E-state index in [1.54, 1.807) is 23.9 Å². The Morgan fingerprint density at radius 2 is 1.90 bits per heavy atom. The summed E-state index contributed by atoms with van der Waals surface area (Å²) < 4.78 is 18.3. The van der Waals surface area contributed by atoms with E-state index in [1.165, 1.54) is 12.1 Å². The number of para-hydroxylation sites is 1. The molecule has 0 heterocycles. The van der Waals surface area contributed by atoms with Crippen LogP contribution >= 0.6 is 11.8 Å². The van der Waals surface area contributed by atoms with Crippen molar-refractivity contribution in [3.8, 4) is 5.75 Å². The first-order valence-corrected chi connectivity index (χ1v) is 7.51. The van der Waals surface area contributed by atoms with E-state index < -0.39 is 0 Å². The number of rotatable bonds is 6. The first-order chi connectivity index (χ1) is 9.66. The molecule has 0 radical (unpaired) electrons. The highest BCUT2D eigenvalue weighted by molar-refractivity contribution is 7.99. The maximum Gasteiger partial charge on any atom is 0.123 e. The summed E-state index contributed by atoms with van der Waals surface area (Å²) in [5.41, 5.74) is 7.98. The lowest BCUT2D eigenvalue weighted by atomic mass is 10.2. The predicted molar refractivity (Wildman–Crippen MR) is 82.8 cm³/mol. The molecule has 2 aromatic rings. The van der Waals surface area contributed by atoms with Gasteiger partial charge in [-0.05, 0) is 49.2 Å². The minimum absolute atomic E-state index is 0.247. The Balaban J connectivity index is 1.71. The Morgan fingerprint density at radius 3 is 2.65 bits per heavy atom. The molecule has 0 amide bonds. The van der Waals surface area contributed by atoms with Gasteiger partial charge in [-0.1, -0.05) is 12.1 Å². The summed E-state index contributed by atoms with van der Waals surface area (Å²) in [5, 5.41) is 0. The zero-order valence-electron chi connectivity index (χ0n) is 11.4. The number of ether oxygens (including phenoxy) is 1. The molecule has 0 aliphatic carbocycles. The van der Waals surface area contributed by atoms with E-state index >= 15 is 0 Å². The van der Waals surface area contributed by atoms with Gasteiger partial charge < -0.3 is 10.5 Å². The second kappa shape index (κ2) is 7.20. The van der Waals surface area contributed by atoms with Crippen LogP contribution in [-0.2, 0) is 0 Å². The van der Waals surface area contributed by atoms with E-state index in [1.807, 2.05) is 25.1 Å². The van der Waals surface area contributed by atoms with Crippen molar-refractivity contribution in [2.24, 2.45) is 0 Å². The van der Waals surface area contributed by atoms with Gasteiger partial charge >= 0.3 is 0 Å². The van der Waals surface area contributed by atoms with Crippen LogP contribution in [0.25, 0.3) is 0 Å². The van der Waals surface area contributed by atoms with Crippen LogP contribution in [-0.4, -0.2) is 12.4 Å². The molecule has 2 rings (SSSR count). The highest BCUT2D eigenvalue weighted by Crippen LogP contribution is 2.27. The molecule has 106 valence electrons. The number of hydrogen-bond donors (Lipinski definition) is 1. The second-order valence-corrected chi connectivity index (χ2v) is 5.63. The van der Waals surface area contributed by atoms with Gasteiger partial charge in [0, 0.05) is 16.3 Å². The summed E-state index contributed by atoms with van der Waals surface area (Å²) in [6.45, 7) is 2.63. The molecule has 0 saturated carbocycles. The van der Waals surface area contributed by atoms with Crippen molar-refractivity contribution in [2.75, 3.05) is 18.1 Å². The van der Waals surface area contributed by atoms with E-state index in [2.05, 4.69) is 0 Å². The maximum atomic E-state index is 12.7. The summed E-state index contributed by atoms with van der Waals surface area (Å²) in [7, 11) is 0. The van der Waals surface area contributed by atoms with Crippen molar-refractivity contribution < 1.29 is 9.13 Å². The Bertz CT molecular complexity index is 557. The molecule has 4 heteroatoms. The Hall–Kier alpha value is -1.68. The number of nitrogens with two attached hydrogens (primary N) is 1. The molecule has 0 aliphatic heterocycles. The summed E-state index contributed by atoms with van der Waals surface area (Å²) in [4.78, 5) is 1.12. The van der Waals surface area contributed by atoms with Gasteiger partial charge in [-0.2, -0.15) is 0 Å². The fourth-order valence-corrected chi connectivity index (χ4v) is 2.71. The molecular formula is C16H18FNOS. The molecule has 2 N–H and O–H groups in total. The largest absolute Gasteiger partial charge is 0.494 e. The van der Waals surface area contributed by atoms with Gasteiger partial charge in [-0.25, -0.2) is 4.39 Å². The van der Waals surface area contributed by atoms with Gasteiger partial charge in [-0.15, -0.1) is 11.8 Å². The molecular weight excluding hydrogens is 273 g/mol. The lowest BCUT2D eigenvalue weighted by Gasteiger charge is -2.08. The molecule has 0 saturated heterocycles. The molecule has 2 aromatic carbocycles. The van der Waals surface area contributed by atoms with Gasteiger partial charge in [0.1, 0.15) is 11.6 Å². The molecule has 0 aromatic heterocycles. The normalized spacial score (nSPS) is 10.5. The van der Waals surface area contributed by atoms with Crippen LogP contribution in [0, 0.1) is 12.7 Å². The van der Waals surface area contributed by atoms with Crippen molar-refractivity contribution in [2.45, 2.75) is 18.2 Å². The molecule has 0 fully saturated rings. The first-order valence-electron chi connectivity index (χ1n) is 6.53. The Morgan fingerprint density at radius 1 is 1.15 bits per heavy atom. The smallest absolute Gasteiger partial charge is 0.123 e. The number of benzene rings is 2. The monoisotopic (exact) mass is 291 g/mol. The molecule has 0 spiro atoms. The van der Waals surface area contributed by atoms with E-state index in [9.17, 15) is 4.39 Å². The van der Waals surface area contributed by atoms with E-state index in [4.69, 9.17) is 10.5 Å². The standard InChI is InChI=1S/C16H18FNOS/c1-12-4-2-5-15(16(12)18)20-11-3-10-19-14-8-6-13(17)7-9-14/h2,4-9H,3,10-11,18H2,1H3. The molecule has 0 aliphatic rings. The summed E-state index contributed by atoms with van der Waals surface area (Å²) in [6, 6.07) is 12.1. The van der Waals surface area contributed by atoms with Crippen molar-refractivity contribution >= 4 is 17.4 Å². The third-order valence-electron chi connectivity index (χ3n) is 2.91. The predicted octanol–water partition coefficient (Wildman–Crippen LogP) is 4.28. The minimum atomic E-state index is -0.247. The van der Waals surface area contributed by atoms with Crippen LogP contribution in [0.15, 0.2) is 47.4 Å². The summed E-state index contributed by atoms with van der Waals surface area (Å²) in [6.07, 6.45) is 0.912. The van der Waals surface area contributed by atoms with Gasteiger partial charge in [0.15, 0.2) is 0 Å². The molecule has 0 bridgehead atoms. The molecule has 2 nitrogen and oxygen atoms in total. The van der Waals surface area contributed by atoms with Gasteiger partial charge in [0.2, 0.25) is 0 Å². The number of aryl methyl sites for hydroxylation is 1. The third-order valence-corrected chi connectivity index (χ3v) is 4.07. The molecule has 20 heavy (non-hydrogen) atoms. The fraction of sp³-hybridized carbons (Fsp3) is 0.250. The molecule has 0 atom stereocenters. The minimum Gasteiger partial charge on any atom is -0.494 e. The highest BCUT2D eigenvalue weighted by atomic mass is 32.2. The average molecular weight is 291 g/mol. The van der Waals surface area contributed by atoms with E-state index in [0.29, 0.717) is 12.4 Å². The topological polar surface area (TPSA) is 35.2 Å². The van der Waals surface area contributed by atoms with Crippen LogP contribution in [0.1, 0.15) is 12.0 Å².